The van der Waals surface area contributed by atoms with Crippen LogP contribution in [-0.4, -0.2) is 45.0 Å². The summed E-state index contributed by atoms with van der Waals surface area (Å²) in [5.41, 5.74) is -1.39. The van der Waals surface area contributed by atoms with Gasteiger partial charge in [-0.3, -0.25) is 9.78 Å². The topological polar surface area (TPSA) is 92.1 Å². The summed E-state index contributed by atoms with van der Waals surface area (Å²) in [6.45, 7) is 3.35. The molecule has 0 aliphatic carbocycles. The molecule has 2 rings (SSSR count). The van der Waals surface area contributed by atoms with Crippen LogP contribution in [0.5, 0.6) is 0 Å². The van der Waals surface area contributed by atoms with Crippen LogP contribution in [0.25, 0.3) is 0 Å². The number of aromatic nitrogens is 1. The number of amides is 1. The van der Waals surface area contributed by atoms with E-state index in [0.717, 1.165) is 5.01 Å². The molecule has 0 fully saturated rings. The van der Waals surface area contributed by atoms with Crippen molar-refractivity contribution >= 4 is 17.6 Å². The van der Waals surface area contributed by atoms with Gasteiger partial charge in [0.05, 0.1) is 12.2 Å². The van der Waals surface area contributed by atoms with Crippen molar-refractivity contribution in [3.05, 3.63) is 30.1 Å². The monoisotopic (exact) mass is 277 g/mol. The van der Waals surface area contributed by atoms with Crippen LogP contribution in [0.3, 0.4) is 0 Å². The van der Waals surface area contributed by atoms with Crippen LogP contribution in [0.1, 0.15) is 30.6 Å². The highest BCUT2D eigenvalue weighted by Gasteiger charge is 2.51. The number of carbonyl (C=O) groups is 2. The van der Waals surface area contributed by atoms with Gasteiger partial charge in [-0.05, 0) is 26.0 Å². The largest absolute Gasteiger partial charge is 0.462 e. The molecule has 7 nitrogen and oxygen atoms in total. The number of hydrogen-bond donors (Lipinski definition) is 1. The van der Waals surface area contributed by atoms with Gasteiger partial charge < -0.3 is 9.84 Å². The molecule has 106 valence electrons. The Morgan fingerprint density at radius 3 is 2.90 bits per heavy atom. The van der Waals surface area contributed by atoms with Gasteiger partial charge in [-0.2, -0.15) is 10.1 Å². The van der Waals surface area contributed by atoms with Crippen molar-refractivity contribution in [3.8, 4) is 0 Å². The molecule has 1 amide bonds. The fourth-order valence-electron chi connectivity index (χ4n) is 1.95. The first kappa shape index (κ1) is 14.1. The summed E-state index contributed by atoms with van der Waals surface area (Å²) in [5, 5.41) is 15.2. The Balaban J connectivity index is 2.32. The third-order valence-electron chi connectivity index (χ3n) is 2.83. The zero-order valence-electron chi connectivity index (χ0n) is 11.2. The Bertz CT molecular complexity index is 558. The fourth-order valence-corrected chi connectivity index (χ4v) is 1.95. The highest BCUT2D eigenvalue weighted by Crippen LogP contribution is 2.28. The number of hydrazone groups is 1. The van der Waals surface area contributed by atoms with E-state index in [1.54, 1.807) is 19.9 Å². The van der Waals surface area contributed by atoms with Crippen molar-refractivity contribution in [2.24, 2.45) is 5.10 Å². The van der Waals surface area contributed by atoms with Crippen molar-refractivity contribution in [2.75, 3.05) is 6.61 Å². The van der Waals surface area contributed by atoms with Gasteiger partial charge in [0.2, 0.25) is 0 Å². The molecular weight excluding hydrogens is 262 g/mol. The van der Waals surface area contributed by atoms with Crippen LogP contribution in [-0.2, 0) is 9.53 Å². The Morgan fingerprint density at radius 2 is 2.30 bits per heavy atom. The average molecular weight is 277 g/mol. The third-order valence-corrected chi connectivity index (χ3v) is 2.83. The molecule has 0 unspecified atom stereocenters. The zero-order chi connectivity index (χ0) is 14.8. The van der Waals surface area contributed by atoms with Crippen LogP contribution in [0.15, 0.2) is 29.6 Å². The molecule has 1 atom stereocenters. The second-order valence-corrected chi connectivity index (χ2v) is 4.41. The maximum atomic E-state index is 12.3. The first-order chi connectivity index (χ1) is 9.49. The van der Waals surface area contributed by atoms with Crippen molar-refractivity contribution < 1.29 is 19.4 Å². The lowest BCUT2D eigenvalue weighted by molar-refractivity contribution is -0.179. The summed E-state index contributed by atoms with van der Waals surface area (Å²) >= 11 is 0. The minimum Gasteiger partial charge on any atom is -0.462 e. The maximum Gasteiger partial charge on any atom is 0.362 e. The summed E-state index contributed by atoms with van der Waals surface area (Å²) in [6, 6.07) is 3.12. The normalized spacial score (nSPS) is 21.6. The Morgan fingerprint density at radius 1 is 1.55 bits per heavy atom. The van der Waals surface area contributed by atoms with E-state index in [4.69, 9.17) is 4.74 Å². The number of rotatable bonds is 3. The summed E-state index contributed by atoms with van der Waals surface area (Å²) in [7, 11) is 0. The van der Waals surface area contributed by atoms with Gasteiger partial charge in [-0.25, -0.2) is 4.79 Å². The smallest absolute Gasteiger partial charge is 0.362 e. The van der Waals surface area contributed by atoms with Gasteiger partial charge in [-0.1, -0.05) is 0 Å². The number of hydrogen-bond acceptors (Lipinski definition) is 6. The van der Waals surface area contributed by atoms with E-state index in [9.17, 15) is 14.7 Å². The predicted octanol–water partition coefficient (Wildman–Crippen LogP) is 0.555. The second kappa shape index (κ2) is 5.38. The lowest BCUT2D eigenvalue weighted by Crippen LogP contribution is -2.53. The highest BCUT2D eigenvalue weighted by atomic mass is 16.6. The number of esters is 1. The quantitative estimate of drug-likeness (QED) is 0.815. The van der Waals surface area contributed by atoms with E-state index in [2.05, 4.69) is 10.1 Å². The van der Waals surface area contributed by atoms with Crippen molar-refractivity contribution in [1.29, 1.82) is 0 Å². The lowest BCUT2D eigenvalue weighted by Gasteiger charge is -2.28. The van der Waals surface area contributed by atoms with E-state index in [-0.39, 0.29) is 18.6 Å². The van der Waals surface area contributed by atoms with E-state index in [1.165, 1.54) is 18.5 Å². The summed E-state index contributed by atoms with van der Waals surface area (Å²) in [5.74, 6) is -1.50. The molecule has 1 N–H and O–H groups in total. The van der Waals surface area contributed by atoms with E-state index in [0.29, 0.717) is 5.71 Å². The van der Waals surface area contributed by atoms with Gasteiger partial charge in [-0.15, -0.1) is 0 Å². The third kappa shape index (κ3) is 2.39. The number of ether oxygens (including phenoxy) is 1. The number of carbonyl (C=O) groups excluding carboxylic acids is 2. The first-order valence-electron chi connectivity index (χ1n) is 6.17. The standard InChI is InChI=1S/C13H15N3O4/c1-3-20-12(18)13(19)7-9(2)15-16(13)11(17)10-5-4-6-14-8-10/h4-6,8,19H,3,7H2,1-2H3/t13-/m1/s1. The Kier molecular flexibility index (Phi) is 3.80. The lowest BCUT2D eigenvalue weighted by atomic mass is 10.1. The Hall–Kier alpha value is -2.28. The summed E-state index contributed by atoms with van der Waals surface area (Å²) in [6.07, 6.45) is 2.79. The van der Waals surface area contributed by atoms with Gasteiger partial charge in [0, 0.05) is 24.5 Å². The number of aliphatic hydroxyl groups is 1. The van der Waals surface area contributed by atoms with E-state index in [1.807, 2.05) is 0 Å². The van der Waals surface area contributed by atoms with Crippen molar-refractivity contribution in [2.45, 2.75) is 26.0 Å². The number of nitrogens with zero attached hydrogens (tertiary/aromatic N) is 3. The van der Waals surface area contributed by atoms with Crippen LogP contribution < -0.4 is 0 Å². The minimum absolute atomic E-state index is 0.0716. The minimum atomic E-state index is -2.09. The fraction of sp³-hybridized carbons (Fsp3) is 0.385. The first-order valence-corrected chi connectivity index (χ1v) is 6.17. The maximum absolute atomic E-state index is 12.3. The van der Waals surface area contributed by atoms with Gasteiger partial charge in [0.15, 0.2) is 0 Å². The van der Waals surface area contributed by atoms with Gasteiger partial charge in [0.1, 0.15) is 0 Å². The highest BCUT2D eigenvalue weighted by molar-refractivity contribution is 6.02. The van der Waals surface area contributed by atoms with Crippen LogP contribution in [0.2, 0.25) is 0 Å². The molecule has 1 aromatic heterocycles. The molecule has 7 heteroatoms. The van der Waals surface area contributed by atoms with Crippen LogP contribution in [0, 0.1) is 0 Å². The van der Waals surface area contributed by atoms with E-state index < -0.39 is 17.6 Å². The van der Waals surface area contributed by atoms with Crippen LogP contribution in [0.4, 0.5) is 0 Å². The van der Waals surface area contributed by atoms with Crippen LogP contribution >= 0.6 is 0 Å². The molecule has 0 bridgehead atoms. The Labute approximate surface area is 115 Å². The molecule has 1 aliphatic heterocycles. The summed E-state index contributed by atoms with van der Waals surface area (Å²) in [4.78, 5) is 28.1. The van der Waals surface area contributed by atoms with E-state index >= 15 is 0 Å². The second-order valence-electron chi connectivity index (χ2n) is 4.41. The molecule has 1 aliphatic rings. The molecule has 20 heavy (non-hydrogen) atoms. The zero-order valence-corrected chi connectivity index (χ0v) is 11.2. The van der Waals surface area contributed by atoms with Crippen molar-refractivity contribution in [3.63, 3.8) is 0 Å². The molecule has 0 radical (unpaired) electrons. The molecule has 2 heterocycles. The molecule has 0 saturated carbocycles. The molecule has 0 saturated heterocycles. The molecule has 0 spiro atoms. The number of pyridine rings is 1. The average Bonchev–Trinajstić information content (AvgIpc) is 2.76. The molecular formula is C13H15N3O4. The van der Waals surface area contributed by atoms with Gasteiger partial charge in [0.25, 0.3) is 11.6 Å². The molecule has 1 aromatic rings. The predicted molar refractivity (Wildman–Crippen MR) is 69.7 cm³/mol. The summed E-state index contributed by atoms with van der Waals surface area (Å²) < 4.78 is 4.82. The van der Waals surface area contributed by atoms with Gasteiger partial charge >= 0.3 is 5.97 Å². The van der Waals surface area contributed by atoms with Crippen molar-refractivity contribution in [1.82, 2.24) is 9.99 Å². The molecule has 0 aromatic carbocycles. The SMILES string of the molecule is CCOC(=O)[C@]1(O)CC(C)=NN1C(=O)c1cccnc1.